The summed E-state index contributed by atoms with van der Waals surface area (Å²) in [6, 6.07) is 9.74. The Bertz CT molecular complexity index is 1450. The topological polar surface area (TPSA) is 84.9 Å². The Balaban J connectivity index is 1.80. The van der Waals surface area contributed by atoms with Gasteiger partial charge in [-0.3, -0.25) is 9.69 Å². The van der Waals surface area contributed by atoms with E-state index in [0.717, 1.165) is 36.1 Å². The molecule has 1 aliphatic heterocycles. The van der Waals surface area contributed by atoms with Crippen LogP contribution in [0.5, 0.6) is 40.2 Å². The normalized spacial score (nSPS) is 15.4. The summed E-state index contributed by atoms with van der Waals surface area (Å²) in [6.45, 7) is 2.29. The van der Waals surface area contributed by atoms with Crippen molar-refractivity contribution < 1.29 is 38.0 Å². The van der Waals surface area contributed by atoms with Gasteiger partial charge in [0, 0.05) is 42.3 Å². The molecule has 9 nitrogen and oxygen atoms in total. The van der Waals surface area contributed by atoms with Crippen molar-refractivity contribution in [2.75, 3.05) is 49.1 Å². The van der Waals surface area contributed by atoms with Crippen LogP contribution in [0.15, 0.2) is 30.3 Å². The van der Waals surface area contributed by atoms with Crippen LogP contribution < -0.4 is 28.4 Å². The third-order valence-electron chi connectivity index (χ3n) is 7.70. The first-order chi connectivity index (χ1) is 19.3. The molecule has 1 atom stereocenters. The molecule has 40 heavy (non-hydrogen) atoms. The van der Waals surface area contributed by atoms with Gasteiger partial charge >= 0.3 is 5.97 Å². The summed E-state index contributed by atoms with van der Waals surface area (Å²) in [5, 5.41) is 0. The van der Waals surface area contributed by atoms with Crippen LogP contribution in [0.3, 0.4) is 0 Å². The highest BCUT2D eigenvalue weighted by Gasteiger charge is 2.39. The van der Waals surface area contributed by atoms with Crippen LogP contribution in [0.4, 0.5) is 0 Å². The average Bonchev–Trinajstić information content (AvgIpc) is 2.97. The van der Waals surface area contributed by atoms with E-state index in [2.05, 4.69) is 24.1 Å². The molecule has 5 rings (SSSR count). The van der Waals surface area contributed by atoms with Gasteiger partial charge in [-0.2, -0.15) is 0 Å². The number of fused-ring (bicyclic) bond motifs is 2. The van der Waals surface area contributed by atoms with E-state index < -0.39 is 5.97 Å². The van der Waals surface area contributed by atoms with Crippen molar-refractivity contribution in [2.24, 2.45) is 0 Å². The van der Waals surface area contributed by atoms with Gasteiger partial charge < -0.3 is 33.2 Å². The largest absolute Gasteiger partial charge is 0.493 e. The molecule has 1 aliphatic carbocycles. The van der Waals surface area contributed by atoms with E-state index in [4.69, 9.17) is 33.2 Å². The fourth-order valence-electron chi connectivity index (χ4n) is 5.75. The summed E-state index contributed by atoms with van der Waals surface area (Å²) in [7, 11) is 10.2. The van der Waals surface area contributed by atoms with Gasteiger partial charge in [-0.25, -0.2) is 0 Å². The maximum absolute atomic E-state index is 11.7. The summed E-state index contributed by atoms with van der Waals surface area (Å²) < 4.78 is 40.8. The lowest BCUT2D eigenvalue weighted by Crippen LogP contribution is -2.35. The Morgan fingerprint density at radius 3 is 2.15 bits per heavy atom. The molecule has 0 aromatic heterocycles. The lowest BCUT2D eigenvalue weighted by molar-refractivity contribution is -0.142. The number of esters is 1. The first-order valence-corrected chi connectivity index (χ1v) is 13.1. The molecule has 0 unspecified atom stereocenters. The van der Waals surface area contributed by atoms with E-state index in [1.807, 2.05) is 6.07 Å². The molecule has 0 fully saturated rings. The molecule has 0 spiro atoms. The smallest absolute Gasteiger partial charge is 0.302 e. The molecule has 2 aliphatic rings. The highest BCUT2D eigenvalue weighted by molar-refractivity contribution is 5.89. The van der Waals surface area contributed by atoms with Crippen molar-refractivity contribution in [3.63, 3.8) is 0 Å². The zero-order valence-corrected chi connectivity index (χ0v) is 24.0. The number of rotatable bonds is 9. The maximum Gasteiger partial charge on any atom is 0.302 e. The molecule has 0 amide bonds. The first kappa shape index (κ1) is 27.5. The van der Waals surface area contributed by atoms with Crippen molar-refractivity contribution in [1.29, 1.82) is 0 Å². The Morgan fingerprint density at radius 1 is 0.800 bits per heavy atom. The van der Waals surface area contributed by atoms with Crippen molar-refractivity contribution in [3.8, 4) is 51.4 Å². The van der Waals surface area contributed by atoms with Gasteiger partial charge in [0.25, 0.3) is 0 Å². The summed E-state index contributed by atoms with van der Waals surface area (Å²) in [5.41, 5.74) is 5.95. The average molecular weight is 550 g/mol. The fraction of sp³-hybridized carbons (Fsp3) is 0.387. The quantitative estimate of drug-likeness (QED) is 0.329. The molecule has 3 aromatic rings. The monoisotopic (exact) mass is 549 g/mol. The van der Waals surface area contributed by atoms with Gasteiger partial charge in [0.1, 0.15) is 12.4 Å². The minimum absolute atomic E-state index is 0.00724. The Labute approximate surface area is 234 Å². The molecule has 0 radical (unpaired) electrons. The zero-order chi connectivity index (χ0) is 28.6. The number of ether oxygens (including phenoxy) is 7. The van der Waals surface area contributed by atoms with Crippen LogP contribution in [-0.4, -0.2) is 60.0 Å². The van der Waals surface area contributed by atoms with Crippen LogP contribution >= 0.6 is 0 Å². The van der Waals surface area contributed by atoms with Gasteiger partial charge in [-0.1, -0.05) is 6.07 Å². The molecule has 0 N–H and O–H groups in total. The minimum atomic E-state index is -0.404. The summed E-state index contributed by atoms with van der Waals surface area (Å²) in [6.07, 6.45) is 1.70. The van der Waals surface area contributed by atoms with Crippen LogP contribution in [0.1, 0.15) is 35.2 Å². The van der Waals surface area contributed by atoms with Crippen LogP contribution in [-0.2, 0) is 29.0 Å². The lowest BCUT2D eigenvalue weighted by Gasteiger charge is -2.41. The van der Waals surface area contributed by atoms with Crippen molar-refractivity contribution in [3.05, 3.63) is 52.6 Å². The summed E-state index contributed by atoms with van der Waals surface area (Å²) in [5.74, 6) is 3.41. The Kier molecular flexibility index (Phi) is 7.67. The Morgan fingerprint density at radius 2 is 1.50 bits per heavy atom. The van der Waals surface area contributed by atoms with E-state index in [-0.39, 0.29) is 12.6 Å². The standard InChI is InChI=1S/C31H35NO8/c1-17(33)39-16-20-14-24(35-4)25(36-5)15-23(20)40-31-26(37-6)13-19-10-11-32(2)21-12-18-8-9-22(34-3)30(38-7)28(18)29(31)27(19)21/h8-9,13-15,21H,10-12,16H2,1-7H3/t21-/m0/s1. The molecule has 0 bridgehead atoms. The lowest BCUT2D eigenvalue weighted by atomic mass is 9.76. The molecule has 9 heteroatoms. The second-order valence-corrected chi connectivity index (χ2v) is 9.84. The molecular formula is C31H35NO8. The predicted molar refractivity (Wildman–Crippen MR) is 149 cm³/mol. The van der Waals surface area contributed by atoms with Gasteiger partial charge in [-0.05, 0) is 54.8 Å². The van der Waals surface area contributed by atoms with E-state index >= 15 is 0 Å². The highest BCUT2D eigenvalue weighted by atomic mass is 16.5. The molecule has 0 saturated heterocycles. The maximum atomic E-state index is 11.7. The number of methoxy groups -OCH3 is 5. The number of carbonyl (C=O) groups excluding carboxylic acids is 1. The van der Waals surface area contributed by atoms with E-state index in [1.54, 1.807) is 47.7 Å². The zero-order valence-electron chi connectivity index (χ0n) is 24.0. The van der Waals surface area contributed by atoms with Gasteiger partial charge in [0.05, 0.1) is 35.5 Å². The van der Waals surface area contributed by atoms with Gasteiger partial charge in [-0.15, -0.1) is 0 Å². The molecule has 0 saturated carbocycles. The third-order valence-corrected chi connectivity index (χ3v) is 7.70. The predicted octanol–water partition coefficient (Wildman–Crippen LogP) is 5.34. The second-order valence-electron chi connectivity index (χ2n) is 9.84. The number of carbonyl (C=O) groups is 1. The molecule has 212 valence electrons. The minimum Gasteiger partial charge on any atom is -0.493 e. The molecular weight excluding hydrogens is 514 g/mol. The second kappa shape index (κ2) is 11.2. The number of likely N-dealkylation sites (N-methyl/N-ethyl adjacent to an activating group) is 1. The highest BCUT2D eigenvalue weighted by Crippen LogP contribution is 2.57. The first-order valence-electron chi connectivity index (χ1n) is 13.1. The molecule has 1 heterocycles. The van der Waals surface area contributed by atoms with Crippen LogP contribution in [0.2, 0.25) is 0 Å². The van der Waals surface area contributed by atoms with Crippen LogP contribution in [0.25, 0.3) is 11.1 Å². The number of nitrogens with zero attached hydrogens (tertiary/aromatic N) is 1. The Hall–Kier alpha value is -4.11. The van der Waals surface area contributed by atoms with Crippen molar-refractivity contribution in [1.82, 2.24) is 4.90 Å². The van der Waals surface area contributed by atoms with Gasteiger partial charge in [0.15, 0.2) is 34.5 Å². The summed E-state index contributed by atoms with van der Waals surface area (Å²) in [4.78, 5) is 14.1. The number of hydrogen-bond acceptors (Lipinski definition) is 9. The number of benzene rings is 3. The van der Waals surface area contributed by atoms with E-state index in [9.17, 15) is 4.79 Å². The van der Waals surface area contributed by atoms with E-state index in [0.29, 0.717) is 45.8 Å². The third kappa shape index (κ3) is 4.64. The summed E-state index contributed by atoms with van der Waals surface area (Å²) >= 11 is 0. The number of hydrogen-bond donors (Lipinski definition) is 0. The van der Waals surface area contributed by atoms with Crippen molar-refractivity contribution in [2.45, 2.75) is 32.4 Å². The fourth-order valence-corrected chi connectivity index (χ4v) is 5.75. The van der Waals surface area contributed by atoms with E-state index in [1.165, 1.54) is 18.1 Å². The van der Waals surface area contributed by atoms with Crippen LogP contribution in [0, 0.1) is 0 Å². The SMILES string of the molecule is COc1cc(COC(C)=O)c(Oc2c(OC)cc3c4c2-c2c(ccc(OC)c2OC)C[C@@H]4N(C)CC3)cc1OC. The van der Waals surface area contributed by atoms with Crippen molar-refractivity contribution >= 4 is 5.97 Å². The van der Waals surface area contributed by atoms with Gasteiger partial charge in [0.2, 0.25) is 0 Å². The molecule has 3 aromatic carbocycles.